The Kier molecular flexibility index (Phi) is 6.89. The molecule has 0 heterocycles. The summed E-state index contributed by atoms with van der Waals surface area (Å²) in [5.41, 5.74) is 2.01. The summed E-state index contributed by atoms with van der Waals surface area (Å²) in [6.07, 6.45) is 0.300. The van der Waals surface area contributed by atoms with Gasteiger partial charge in [-0.15, -0.1) is 0 Å². The molecule has 0 aliphatic rings. The van der Waals surface area contributed by atoms with Gasteiger partial charge in [-0.25, -0.2) is 0 Å². The molecule has 124 valence electrons. The average molecular weight is 380 g/mol. The number of nitrogens with one attached hydrogen (secondary N) is 1. The van der Waals surface area contributed by atoms with Crippen LogP contribution in [-0.4, -0.2) is 32.4 Å². The zero-order valence-corrected chi connectivity index (χ0v) is 15.0. The standard InChI is InChI=1S/C18H22BrNO3/c1-22-16-9-8-14(18(23-2)17(16)19)10-11-20-12-15(21)13-6-4-3-5-7-13/h3-9,15,20-21H,10-12H2,1-2H3. The second kappa shape index (κ2) is 8.91. The fraction of sp³-hybridized carbons (Fsp3) is 0.333. The lowest BCUT2D eigenvalue weighted by Crippen LogP contribution is -2.23. The summed E-state index contributed by atoms with van der Waals surface area (Å²) in [5.74, 6) is 1.54. The van der Waals surface area contributed by atoms with Gasteiger partial charge in [0.1, 0.15) is 16.0 Å². The summed E-state index contributed by atoms with van der Waals surface area (Å²) in [6.45, 7) is 1.27. The van der Waals surface area contributed by atoms with Gasteiger partial charge in [-0.1, -0.05) is 36.4 Å². The van der Waals surface area contributed by atoms with Crippen molar-refractivity contribution in [3.8, 4) is 11.5 Å². The zero-order valence-electron chi connectivity index (χ0n) is 13.4. The molecular formula is C18H22BrNO3. The van der Waals surface area contributed by atoms with E-state index in [1.165, 1.54) is 0 Å². The predicted octanol–water partition coefficient (Wildman–Crippen LogP) is 3.33. The van der Waals surface area contributed by atoms with Gasteiger partial charge in [-0.3, -0.25) is 0 Å². The number of rotatable bonds is 8. The smallest absolute Gasteiger partial charge is 0.140 e. The molecule has 0 aromatic heterocycles. The SMILES string of the molecule is COc1ccc(CCNCC(O)c2ccccc2)c(OC)c1Br. The van der Waals surface area contributed by atoms with Crippen LogP contribution in [0.5, 0.6) is 11.5 Å². The molecule has 2 N–H and O–H groups in total. The van der Waals surface area contributed by atoms with Crippen LogP contribution in [0, 0.1) is 0 Å². The first kappa shape index (κ1) is 17.8. The van der Waals surface area contributed by atoms with Gasteiger partial charge in [-0.05, 0) is 46.1 Å². The van der Waals surface area contributed by atoms with E-state index in [1.807, 2.05) is 42.5 Å². The third-order valence-corrected chi connectivity index (χ3v) is 4.41. The van der Waals surface area contributed by atoms with E-state index in [-0.39, 0.29) is 0 Å². The monoisotopic (exact) mass is 379 g/mol. The van der Waals surface area contributed by atoms with Crippen LogP contribution >= 0.6 is 15.9 Å². The van der Waals surface area contributed by atoms with E-state index in [0.29, 0.717) is 6.54 Å². The summed E-state index contributed by atoms with van der Waals surface area (Å²) < 4.78 is 11.6. The van der Waals surface area contributed by atoms with Gasteiger partial charge in [0.25, 0.3) is 0 Å². The molecule has 0 spiro atoms. The Balaban J connectivity index is 1.88. The molecule has 1 unspecified atom stereocenters. The van der Waals surface area contributed by atoms with Crippen molar-refractivity contribution in [3.05, 3.63) is 58.1 Å². The van der Waals surface area contributed by atoms with Gasteiger partial charge < -0.3 is 19.9 Å². The summed E-state index contributed by atoms with van der Waals surface area (Å²) in [6, 6.07) is 13.6. The molecule has 0 bridgehead atoms. The van der Waals surface area contributed by atoms with Gasteiger partial charge in [0.15, 0.2) is 0 Å². The van der Waals surface area contributed by atoms with Crippen molar-refractivity contribution in [1.29, 1.82) is 0 Å². The predicted molar refractivity (Wildman–Crippen MR) is 95.2 cm³/mol. The molecule has 1 atom stereocenters. The molecule has 0 fully saturated rings. The first-order valence-corrected chi connectivity index (χ1v) is 8.29. The molecule has 0 aliphatic heterocycles. The molecule has 2 aromatic carbocycles. The van der Waals surface area contributed by atoms with E-state index in [4.69, 9.17) is 9.47 Å². The van der Waals surface area contributed by atoms with E-state index in [1.54, 1.807) is 14.2 Å². The van der Waals surface area contributed by atoms with Crippen LogP contribution in [0.15, 0.2) is 46.9 Å². The van der Waals surface area contributed by atoms with Gasteiger partial charge in [0, 0.05) is 6.54 Å². The molecule has 2 aromatic rings. The fourth-order valence-corrected chi connectivity index (χ4v) is 3.12. The third-order valence-electron chi connectivity index (χ3n) is 3.66. The van der Waals surface area contributed by atoms with Gasteiger partial charge in [0.2, 0.25) is 0 Å². The van der Waals surface area contributed by atoms with Crippen molar-refractivity contribution >= 4 is 15.9 Å². The number of benzene rings is 2. The van der Waals surface area contributed by atoms with Crippen molar-refractivity contribution < 1.29 is 14.6 Å². The number of methoxy groups -OCH3 is 2. The van der Waals surface area contributed by atoms with Crippen LogP contribution in [0.25, 0.3) is 0 Å². The van der Waals surface area contributed by atoms with E-state index in [0.717, 1.165) is 40.1 Å². The van der Waals surface area contributed by atoms with Crippen molar-refractivity contribution in [2.24, 2.45) is 0 Å². The first-order valence-electron chi connectivity index (χ1n) is 7.50. The lowest BCUT2D eigenvalue weighted by molar-refractivity contribution is 0.175. The van der Waals surface area contributed by atoms with Crippen LogP contribution in [0.2, 0.25) is 0 Å². The fourth-order valence-electron chi connectivity index (χ4n) is 2.41. The van der Waals surface area contributed by atoms with Crippen LogP contribution in [0.1, 0.15) is 17.2 Å². The summed E-state index contributed by atoms with van der Waals surface area (Å²) in [4.78, 5) is 0. The average Bonchev–Trinajstić information content (AvgIpc) is 2.59. The largest absolute Gasteiger partial charge is 0.495 e. The number of hydrogen-bond donors (Lipinski definition) is 2. The molecular weight excluding hydrogens is 358 g/mol. The molecule has 0 radical (unpaired) electrons. The quantitative estimate of drug-likeness (QED) is 0.690. The van der Waals surface area contributed by atoms with E-state index in [9.17, 15) is 5.11 Å². The third kappa shape index (κ3) is 4.70. The highest BCUT2D eigenvalue weighted by Gasteiger charge is 2.12. The molecule has 0 saturated carbocycles. The van der Waals surface area contributed by atoms with Crippen molar-refractivity contribution in [3.63, 3.8) is 0 Å². The number of aliphatic hydroxyl groups excluding tert-OH is 1. The maximum absolute atomic E-state index is 10.1. The minimum atomic E-state index is -0.499. The van der Waals surface area contributed by atoms with Crippen LogP contribution < -0.4 is 14.8 Å². The van der Waals surface area contributed by atoms with Gasteiger partial charge >= 0.3 is 0 Å². The second-order valence-corrected chi connectivity index (χ2v) is 5.95. The molecule has 5 heteroatoms. The Bertz CT molecular complexity index is 619. The maximum atomic E-state index is 10.1. The lowest BCUT2D eigenvalue weighted by atomic mass is 10.1. The zero-order chi connectivity index (χ0) is 16.7. The number of ether oxygens (including phenoxy) is 2. The second-order valence-electron chi connectivity index (χ2n) is 5.15. The maximum Gasteiger partial charge on any atom is 0.140 e. The van der Waals surface area contributed by atoms with E-state index >= 15 is 0 Å². The van der Waals surface area contributed by atoms with Crippen LogP contribution in [-0.2, 0) is 6.42 Å². The van der Waals surface area contributed by atoms with Crippen LogP contribution in [0.4, 0.5) is 0 Å². The molecule has 2 rings (SSSR count). The Labute approximate surface area is 145 Å². The van der Waals surface area contributed by atoms with Crippen molar-refractivity contribution in [2.75, 3.05) is 27.3 Å². The lowest BCUT2D eigenvalue weighted by Gasteiger charge is -2.15. The highest BCUT2D eigenvalue weighted by Crippen LogP contribution is 2.37. The number of halogens is 1. The summed E-state index contributed by atoms with van der Waals surface area (Å²) >= 11 is 3.50. The van der Waals surface area contributed by atoms with E-state index in [2.05, 4.69) is 21.2 Å². The normalized spacial score (nSPS) is 12.0. The molecule has 0 aliphatic carbocycles. The first-order chi connectivity index (χ1) is 11.2. The van der Waals surface area contributed by atoms with E-state index < -0.39 is 6.10 Å². The summed E-state index contributed by atoms with van der Waals surface area (Å²) in [5, 5.41) is 13.4. The van der Waals surface area contributed by atoms with Crippen molar-refractivity contribution in [2.45, 2.75) is 12.5 Å². The minimum absolute atomic E-state index is 0.499. The van der Waals surface area contributed by atoms with Crippen molar-refractivity contribution in [1.82, 2.24) is 5.32 Å². The minimum Gasteiger partial charge on any atom is -0.495 e. The van der Waals surface area contributed by atoms with Crippen LogP contribution in [0.3, 0.4) is 0 Å². The highest BCUT2D eigenvalue weighted by molar-refractivity contribution is 9.10. The molecule has 0 amide bonds. The van der Waals surface area contributed by atoms with Gasteiger partial charge in [0.05, 0.1) is 20.3 Å². The Morgan fingerprint density at radius 3 is 2.48 bits per heavy atom. The molecule has 23 heavy (non-hydrogen) atoms. The topological polar surface area (TPSA) is 50.7 Å². The number of hydrogen-bond acceptors (Lipinski definition) is 4. The Hall–Kier alpha value is -1.56. The number of aliphatic hydroxyl groups is 1. The molecule has 0 saturated heterocycles. The Morgan fingerprint density at radius 2 is 1.83 bits per heavy atom. The Morgan fingerprint density at radius 1 is 1.09 bits per heavy atom. The van der Waals surface area contributed by atoms with Gasteiger partial charge in [-0.2, -0.15) is 0 Å². The molecule has 4 nitrogen and oxygen atoms in total. The summed E-state index contributed by atoms with van der Waals surface area (Å²) in [7, 11) is 3.28. The highest BCUT2D eigenvalue weighted by atomic mass is 79.9.